The zero-order valence-corrected chi connectivity index (χ0v) is 13.3. The largest absolute Gasteiger partial charge is 0.461 e. The third kappa shape index (κ3) is 3.57. The van der Waals surface area contributed by atoms with Crippen molar-refractivity contribution in [3.8, 4) is 11.6 Å². The highest BCUT2D eigenvalue weighted by atomic mass is 32.2. The molecule has 0 aliphatic heterocycles. The molecule has 0 amide bonds. The molecule has 0 unspecified atom stereocenters. The lowest BCUT2D eigenvalue weighted by Gasteiger charge is -2.16. The molecule has 23 heavy (non-hydrogen) atoms. The zero-order chi connectivity index (χ0) is 16.4. The van der Waals surface area contributed by atoms with Gasteiger partial charge in [-0.1, -0.05) is 0 Å². The van der Waals surface area contributed by atoms with Gasteiger partial charge in [-0.2, -0.15) is 18.0 Å². The number of fused-ring (bicyclic) bond motifs is 3. The molecule has 3 aromatic heterocycles. The Hall–Kier alpha value is -2.26. The molecule has 0 spiro atoms. The summed E-state index contributed by atoms with van der Waals surface area (Å²) < 4.78 is 33.1. The van der Waals surface area contributed by atoms with E-state index in [9.17, 15) is 8.42 Å². The SMILES string of the molecule is CS(=O)(=O)O.c1coc(-c2nc3c(c4ncnn24)CCCC3)c1. The van der Waals surface area contributed by atoms with Crippen LogP contribution in [0, 0.1) is 0 Å². The van der Waals surface area contributed by atoms with Crippen LogP contribution in [0.15, 0.2) is 29.1 Å². The van der Waals surface area contributed by atoms with E-state index in [1.54, 1.807) is 17.1 Å². The summed E-state index contributed by atoms with van der Waals surface area (Å²) in [6.45, 7) is 0. The molecule has 4 rings (SSSR count). The first-order chi connectivity index (χ1) is 10.9. The number of rotatable bonds is 1. The highest BCUT2D eigenvalue weighted by Gasteiger charge is 2.20. The van der Waals surface area contributed by atoms with E-state index in [2.05, 4.69) is 10.1 Å². The third-order valence-corrected chi connectivity index (χ3v) is 3.44. The quantitative estimate of drug-likeness (QED) is 0.674. The van der Waals surface area contributed by atoms with Crippen LogP contribution in [0.5, 0.6) is 0 Å². The summed E-state index contributed by atoms with van der Waals surface area (Å²) in [5.41, 5.74) is 3.31. The number of hydrogen-bond acceptors (Lipinski definition) is 6. The van der Waals surface area contributed by atoms with E-state index in [0.29, 0.717) is 6.26 Å². The summed E-state index contributed by atoms with van der Waals surface area (Å²) in [5.74, 6) is 1.48. The number of aromatic nitrogens is 4. The second kappa shape index (κ2) is 6.09. The van der Waals surface area contributed by atoms with Crippen LogP contribution in [0.25, 0.3) is 17.2 Å². The van der Waals surface area contributed by atoms with Crippen molar-refractivity contribution in [2.75, 3.05) is 6.26 Å². The molecular formula is C14H16N4O4S. The maximum atomic E-state index is 9.19. The molecule has 1 N–H and O–H groups in total. The van der Waals surface area contributed by atoms with Crippen molar-refractivity contribution in [1.29, 1.82) is 0 Å². The van der Waals surface area contributed by atoms with Gasteiger partial charge in [-0.05, 0) is 37.8 Å². The minimum absolute atomic E-state index is 0.715. The van der Waals surface area contributed by atoms with Gasteiger partial charge in [-0.25, -0.2) is 9.97 Å². The first-order valence-corrected chi connectivity index (χ1v) is 8.96. The van der Waals surface area contributed by atoms with Crippen LogP contribution >= 0.6 is 0 Å². The van der Waals surface area contributed by atoms with E-state index in [-0.39, 0.29) is 0 Å². The molecule has 3 heterocycles. The molecule has 0 aromatic carbocycles. The van der Waals surface area contributed by atoms with Gasteiger partial charge in [0.15, 0.2) is 17.2 Å². The van der Waals surface area contributed by atoms with E-state index in [1.165, 1.54) is 18.4 Å². The zero-order valence-electron chi connectivity index (χ0n) is 12.5. The molecule has 9 heteroatoms. The Bertz CT molecular complexity index is 908. The molecule has 0 fully saturated rings. The van der Waals surface area contributed by atoms with Crippen molar-refractivity contribution in [1.82, 2.24) is 19.6 Å². The second-order valence-electron chi connectivity index (χ2n) is 5.27. The van der Waals surface area contributed by atoms with Gasteiger partial charge in [0, 0.05) is 11.3 Å². The fourth-order valence-corrected chi connectivity index (χ4v) is 2.60. The average Bonchev–Trinajstić information content (AvgIpc) is 3.16. The average molecular weight is 336 g/mol. The number of aryl methyl sites for hydroxylation is 2. The first-order valence-electron chi connectivity index (χ1n) is 7.11. The van der Waals surface area contributed by atoms with Crippen LogP contribution in [-0.2, 0) is 23.0 Å². The Kier molecular flexibility index (Phi) is 4.14. The first kappa shape index (κ1) is 15.6. The van der Waals surface area contributed by atoms with Crippen LogP contribution in [0.1, 0.15) is 24.1 Å². The minimum atomic E-state index is -3.67. The standard InChI is InChI=1S/C13H12N4O.CH4O3S/c1-2-5-10-9(4-1)12-14-8-15-17(12)13(16-10)11-6-3-7-18-11;1-5(2,3)4/h3,6-8H,1-2,4-5H2;1H3,(H,2,3,4). The topological polar surface area (TPSA) is 111 Å². The van der Waals surface area contributed by atoms with Crippen molar-refractivity contribution in [2.45, 2.75) is 25.7 Å². The molecule has 1 aliphatic carbocycles. The molecule has 122 valence electrons. The monoisotopic (exact) mass is 336 g/mol. The van der Waals surface area contributed by atoms with Crippen LogP contribution in [0.3, 0.4) is 0 Å². The lowest BCUT2D eigenvalue weighted by atomic mass is 9.97. The van der Waals surface area contributed by atoms with Gasteiger partial charge in [0.05, 0.1) is 12.5 Å². The van der Waals surface area contributed by atoms with Gasteiger partial charge in [-0.15, -0.1) is 0 Å². The molecule has 1 aliphatic rings. The normalized spacial score (nSPS) is 14.2. The predicted molar refractivity (Wildman–Crippen MR) is 82.6 cm³/mol. The molecule has 8 nitrogen and oxygen atoms in total. The maximum Gasteiger partial charge on any atom is 0.261 e. The summed E-state index contributed by atoms with van der Waals surface area (Å²) in [6, 6.07) is 3.76. The Morgan fingerprint density at radius 1 is 1.30 bits per heavy atom. The van der Waals surface area contributed by atoms with Gasteiger partial charge >= 0.3 is 0 Å². The van der Waals surface area contributed by atoms with Crippen LogP contribution in [0.2, 0.25) is 0 Å². The third-order valence-electron chi connectivity index (χ3n) is 3.44. The van der Waals surface area contributed by atoms with Gasteiger partial charge in [0.25, 0.3) is 10.1 Å². The molecule has 0 atom stereocenters. The highest BCUT2D eigenvalue weighted by Crippen LogP contribution is 2.27. The number of hydrogen-bond donors (Lipinski definition) is 1. The van der Waals surface area contributed by atoms with Crippen LogP contribution < -0.4 is 0 Å². The molecule has 0 saturated carbocycles. The van der Waals surface area contributed by atoms with Crippen LogP contribution in [0.4, 0.5) is 0 Å². The van der Waals surface area contributed by atoms with Gasteiger partial charge < -0.3 is 4.42 Å². The lowest BCUT2D eigenvalue weighted by molar-refractivity contribution is 0.490. The van der Waals surface area contributed by atoms with Gasteiger partial charge in [0.1, 0.15) is 6.33 Å². The predicted octanol–water partition coefficient (Wildman–Crippen LogP) is 1.77. The Labute approximate surface area is 132 Å². The van der Waals surface area contributed by atoms with Crippen molar-refractivity contribution in [2.24, 2.45) is 0 Å². The summed E-state index contributed by atoms with van der Waals surface area (Å²) >= 11 is 0. The van der Waals surface area contributed by atoms with Crippen molar-refractivity contribution >= 4 is 15.8 Å². The smallest absolute Gasteiger partial charge is 0.261 e. The minimum Gasteiger partial charge on any atom is -0.461 e. The van der Waals surface area contributed by atoms with E-state index in [1.807, 2.05) is 12.1 Å². The summed E-state index contributed by atoms with van der Waals surface area (Å²) in [4.78, 5) is 9.10. The van der Waals surface area contributed by atoms with Crippen molar-refractivity contribution < 1.29 is 17.4 Å². The molecule has 3 aromatic rings. The van der Waals surface area contributed by atoms with Crippen LogP contribution in [-0.4, -0.2) is 38.8 Å². The fraction of sp³-hybridized carbons (Fsp3) is 0.357. The molecule has 0 bridgehead atoms. The summed E-state index contributed by atoms with van der Waals surface area (Å²) in [5, 5.41) is 4.27. The fourth-order valence-electron chi connectivity index (χ4n) is 2.60. The number of furan rings is 1. The summed E-state index contributed by atoms with van der Waals surface area (Å²) in [7, 11) is -3.67. The lowest BCUT2D eigenvalue weighted by Crippen LogP contribution is -2.11. The Morgan fingerprint density at radius 3 is 2.74 bits per heavy atom. The van der Waals surface area contributed by atoms with Crippen molar-refractivity contribution in [3.05, 3.63) is 36.0 Å². The highest BCUT2D eigenvalue weighted by molar-refractivity contribution is 7.85. The van der Waals surface area contributed by atoms with E-state index < -0.39 is 10.1 Å². The molecule has 0 radical (unpaired) electrons. The maximum absolute atomic E-state index is 9.19. The van der Waals surface area contributed by atoms with E-state index in [4.69, 9.17) is 14.0 Å². The Balaban J connectivity index is 0.000000276. The van der Waals surface area contributed by atoms with E-state index >= 15 is 0 Å². The summed E-state index contributed by atoms with van der Waals surface area (Å²) in [6.07, 6.45) is 8.42. The Morgan fingerprint density at radius 2 is 2.04 bits per heavy atom. The molecular weight excluding hydrogens is 320 g/mol. The van der Waals surface area contributed by atoms with E-state index in [0.717, 1.165) is 35.8 Å². The van der Waals surface area contributed by atoms with Crippen molar-refractivity contribution in [3.63, 3.8) is 0 Å². The number of nitrogens with zero attached hydrogens (tertiary/aromatic N) is 4. The molecule has 0 saturated heterocycles. The second-order valence-corrected chi connectivity index (χ2v) is 6.74. The van der Waals surface area contributed by atoms with Gasteiger partial charge in [0.2, 0.25) is 0 Å². The van der Waals surface area contributed by atoms with Gasteiger partial charge in [-0.3, -0.25) is 4.55 Å².